The second kappa shape index (κ2) is 5.56. The minimum absolute atomic E-state index is 0. The SMILES string of the molecule is Cc1nnc(NC(=O)C(C)C2CNC2)s1.Cl. The monoisotopic (exact) mass is 262 g/mol. The zero-order chi connectivity index (χ0) is 10.8. The molecule has 1 saturated heterocycles. The van der Waals surface area contributed by atoms with Gasteiger partial charge in [0.15, 0.2) is 0 Å². The molecule has 0 saturated carbocycles. The van der Waals surface area contributed by atoms with Gasteiger partial charge in [-0.25, -0.2) is 0 Å². The number of hydrogen-bond donors (Lipinski definition) is 2. The molecule has 0 aromatic carbocycles. The highest BCUT2D eigenvalue weighted by Crippen LogP contribution is 2.19. The first-order valence-corrected chi connectivity index (χ1v) is 5.80. The van der Waals surface area contributed by atoms with E-state index in [0.29, 0.717) is 11.0 Å². The molecule has 1 fully saturated rings. The molecule has 7 heteroatoms. The second-order valence-electron chi connectivity index (χ2n) is 3.82. The molecule has 0 aliphatic carbocycles. The Morgan fingerprint density at radius 1 is 1.56 bits per heavy atom. The van der Waals surface area contributed by atoms with Gasteiger partial charge in [0.05, 0.1) is 0 Å². The average Bonchev–Trinajstić information content (AvgIpc) is 2.48. The van der Waals surface area contributed by atoms with E-state index < -0.39 is 0 Å². The molecule has 0 radical (unpaired) electrons. The maximum Gasteiger partial charge on any atom is 0.229 e. The molecule has 2 N–H and O–H groups in total. The van der Waals surface area contributed by atoms with Crippen LogP contribution in [0, 0.1) is 18.8 Å². The number of rotatable bonds is 3. The van der Waals surface area contributed by atoms with Gasteiger partial charge in [-0.15, -0.1) is 22.6 Å². The summed E-state index contributed by atoms with van der Waals surface area (Å²) in [6.45, 7) is 5.69. The second-order valence-corrected chi connectivity index (χ2v) is 5.00. The van der Waals surface area contributed by atoms with Gasteiger partial charge in [0, 0.05) is 5.92 Å². The fourth-order valence-corrected chi connectivity index (χ4v) is 2.04. The molecule has 0 spiro atoms. The quantitative estimate of drug-likeness (QED) is 0.855. The fraction of sp³-hybridized carbons (Fsp3) is 0.667. The standard InChI is InChI=1S/C9H14N4OS.ClH/c1-5(7-3-10-4-7)8(14)11-9-13-12-6(2)15-9;/h5,7,10H,3-4H2,1-2H3,(H,11,13,14);1H. The third-order valence-corrected chi connectivity index (χ3v) is 3.44. The van der Waals surface area contributed by atoms with Crippen molar-refractivity contribution in [1.29, 1.82) is 0 Å². The molecule has 2 rings (SSSR count). The summed E-state index contributed by atoms with van der Waals surface area (Å²) in [5.41, 5.74) is 0. The number of hydrogen-bond acceptors (Lipinski definition) is 5. The van der Waals surface area contributed by atoms with E-state index in [0.717, 1.165) is 18.1 Å². The Balaban J connectivity index is 0.00000128. The zero-order valence-electron chi connectivity index (χ0n) is 9.19. The lowest BCUT2D eigenvalue weighted by molar-refractivity contribution is -0.121. The number of aryl methyl sites for hydroxylation is 1. The number of amides is 1. The van der Waals surface area contributed by atoms with E-state index in [-0.39, 0.29) is 24.2 Å². The van der Waals surface area contributed by atoms with Crippen LogP contribution in [0.1, 0.15) is 11.9 Å². The van der Waals surface area contributed by atoms with Crippen molar-refractivity contribution in [2.45, 2.75) is 13.8 Å². The van der Waals surface area contributed by atoms with E-state index in [1.807, 2.05) is 13.8 Å². The Hall–Kier alpha value is -0.720. The number of anilines is 1. The van der Waals surface area contributed by atoms with Gasteiger partial charge in [-0.2, -0.15) is 0 Å². The molecule has 1 aliphatic rings. The van der Waals surface area contributed by atoms with Crippen molar-refractivity contribution in [3.05, 3.63) is 5.01 Å². The van der Waals surface area contributed by atoms with E-state index in [2.05, 4.69) is 20.8 Å². The van der Waals surface area contributed by atoms with Crippen molar-refractivity contribution in [3.63, 3.8) is 0 Å². The van der Waals surface area contributed by atoms with E-state index in [9.17, 15) is 4.79 Å². The van der Waals surface area contributed by atoms with Crippen LogP contribution in [-0.4, -0.2) is 29.2 Å². The molecular formula is C9H15ClN4OS. The summed E-state index contributed by atoms with van der Waals surface area (Å²) in [6.07, 6.45) is 0. The minimum atomic E-state index is 0. The van der Waals surface area contributed by atoms with Crippen molar-refractivity contribution in [1.82, 2.24) is 15.5 Å². The number of halogens is 1. The number of nitrogens with one attached hydrogen (secondary N) is 2. The molecule has 1 aromatic heterocycles. The summed E-state index contributed by atoms with van der Waals surface area (Å²) >= 11 is 1.40. The summed E-state index contributed by atoms with van der Waals surface area (Å²) in [6, 6.07) is 0. The van der Waals surface area contributed by atoms with Crippen LogP contribution in [0.15, 0.2) is 0 Å². The molecule has 1 unspecified atom stereocenters. The van der Waals surface area contributed by atoms with Gasteiger partial charge < -0.3 is 10.6 Å². The topological polar surface area (TPSA) is 66.9 Å². The van der Waals surface area contributed by atoms with Crippen LogP contribution in [0.2, 0.25) is 0 Å². The van der Waals surface area contributed by atoms with Crippen molar-refractivity contribution in [2.24, 2.45) is 11.8 Å². The summed E-state index contributed by atoms with van der Waals surface area (Å²) in [7, 11) is 0. The first-order chi connectivity index (χ1) is 7.16. The molecule has 2 heterocycles. The molecule has 0 bridgehead atoms. The van der Waals surface area contributed by atoms with Crippen LogP contribution in [-0.2, 0) is 4.79 Å². The molecule has 16 heavy (non-hydrogen) atoms. The van der Waals surface area contributed by atoms with E-state index in [4.69, 9.17) is 0 Å². The Bertz CT molecular complexity index is 366. The summed E-state index contributed by atoms with van der Waals surface area (Å²) in [5.74, 6) is 0.534. The van der Waals surface area contributed by atoms with E-state index in [1.54, 1.807) is 0 Å². The van der Waals surface area contributed by atoms with Crippen LogP contribution in [0.5, 0.6) is 0 Å². The summed E-state index contributed by atoms with van der Waals surface area (Å²) in [5, 5.41) is 15.1. The highest BCUT2D eigenvalue weighted by atomic mass is 35.5. The van der Waals surface area contributed by atoms with Crippen LogP contribution in [0.4, 0.5) is 5.13 Å². The van der Waals surface area contributed by atoms with Gasteiger partial charge in [-0.3, -0.25) is 4.79 Å². The molecule has 5 nitrogen and oxygen atoms in total. The average molecular weight is 263 g/mol. The van der Waals surface area contributed by atoms with Crippen LogP contribution in [0.3, 0.4) is 0 Å². The normalized spacial score (nSPS) is 17.1. The molecule has 1 aliphatic heterocycles. The third kappa shape index (κ3) is 2.90. The first kappa shape index (κ1) is 13.3. The Morgan fingerprint density at radius 3 is 2.69 bits per heavy atom. The molecule has 1 aromatic rings. The fourth-order valence-electron chi connectivity index (χ4n) is 1.44. The molecule has 1 amide bonds. The van der Waals surface area contributed by atoms with Gasteiger partial charge in [-0.1, -0.05) is 18.3 Å². The van der Waals surface area contributed by atoms with Crippen molar-refractivity contribution in [2.75, 3.05) is 18.4 Å². The largest absolute Gasteiger partial charge is 0.316 e. The summed E-state index contributed by atoms with van der Waals surface area (Å²) in [4.78, 5) is 11.8. The van der Waals surface area contributed by atoms with Gasteiger partial charge in [0.2, 0.25) is 11.0 Å². The zero-order valence-corrected chi connectivity index (χ0v) is 10.8. The molecule has 1 atom stereocenters. The maximum atomic E-state index is 11.8. The lowest BCUT2D eigenvalue weighted by Crippen LogP contribution is -2.48. The Labute approximate surface area is 104 Å². The van der Waals surface area contributed by atoms with Gasteiger partial charge >= 0.3 is 0 Å². The predicted octanol–water partition coefficient (Wildman–Crippen LogP) is 1.06. The molecule has 90 valence electrons. The minimum Gasteiger partial charge on any atom is -0.316 e. The van der Waals surface area contributed by atoms with Crippen LogP contribution < -0.4 is 10.6 Å². The number of nitrogens with zero attached hydrogens (tertiary/aromatic N) is 2. The van der Waals surface area contributed by atoms with E-state index >= 15 is 0 Å². The highest BCUT2D eigenvalue weighted by Gasteiger charge is 2.29. The molecular weight excluding hydrogens is 248 g/mol. The van der Waals surface area contributed by atoms with Crippen LogP contribution >= 0.6 is 23.7 Å². The Kier molecular flexibility index (Phi) is 4.64. The predicted molar refractivity (Wildman–Crippen MR) is 66.0 cm³/mol. The first-order valence-electron chi connectivity index (χ1n) is 4.98. The van der Waals surface area contributed by atoms with Gasteiger partial charge in [-0.05, 0) is 25.9 Å². The van der Waals surface area contributed by atoms with Crippen molar-refractivity contribution in [3.8, 4) is 0 Å². The number of carbonyl (C=O) groups is 1. The van der Waals surface area contributed by atoms with E-state index in [1.165, 1.54) is 11.3 Å². The lowest BCUT2D eigenvalue weighted by atomic mass is 9.88. The lowest BCUT2D eigenvalue weighted by Gasteiger charge is -2.31. The van der Waals surface area contributed by atoms with Crippen LogP contribution in [0.25, 0.3) is 0 Å². The maximum absolute atomic E-state index is 11.8. The number of aromatic nitrogens is 2. The van der Waals surface area contributed by atoms with Gasteiger partial charge in [0.1, 0.15) is 5.01 Å². The third-order valence-electron chi connectivity index (χ3n) is 2.69. The summed E-state index contributed by atoms with van der Waals surface area (Å²) < 4.78 is 0. The van der Waals surface area contributed by atoms with Gasteiger partial charge in [0.25, 0.3) is 0 Å². The van der Waals surface area contributed by atoms with Crippen molar-refractivity contribution < 1.29 is 4.79 Å². The highest BCUT2D eigenvalue weighted by molar-refractivity contribution is 7.15. The number of carbonyl (C=O) groups excluding carboxylic acids is 1. The Morgan fingerprint density at radius 2 is 2.25 bits per heavy atom. The van der Waals surface area contributed by atoms with Crippen molar-refractivity contribution >= 4 is 34.8 Å². The smallest absolute Gasteiger partial charge is 0.229 e.